The normalized spacial score (nSPS) is 10.5. The lowest BCUT2D eigenvalue weighted by Gasteiger charge is -2.13. The summed E-state index contributed by atoms with van der Waals surface area (Å²) >= 11 is 0. The van der Waals surface area contributed by atoms with Gasteiger partial charge in [0.05, 0.1) is 7.11 Å². The molecule has 3 aromatic carbocycles. The maximum atomic E-state index is 13.0. The lowest BCUT2D eigenvalue weighted by atomic mass is 9.98. The topological polar surface area (TPSA) is 67.4 Å². The Kier molecular flexibility index (Phi) is 6.86. The molecular formula is C25H26N2O3. The van der Waals surface area contributed by atoms with Crippen LogP contribution >= 0.6 is 0 Å². The molecule has 154 valence electrons. The standard InChI is InChI=1S/C25H26N2O3/c1-17(2)16-24(28)26-18-12-14-19(15-13-18)27-25(29)22-10-5-4-8-20(22)21-9-6-7-11-23(21)30-3/h4-15,17H,16H2,1-3H3,(H,26,28)(H,27,29). The SMILES string of the molecule is COc1ccccc1-c1ccccc1C(=O)Nc1ccc(NC(=O)CC(C)C)cc1. The van der Waals surface area contributed by atoms with Gasteiger partial charge in [0.1, 0.15) is 5.75 Å². The molecule has 0 bridgehead atoms. The minimum Gasteiger partial charge on any atom is -0.496 e. The molecule has 0 aliphatic rings. The number of nitrogens with one attached hydrogen (secondary N) is 2. The zero-order valence-corrected chi connectivity index (χ0v) is 17.4. The highest BCUT2D eigenvalue weighted by Gasteiger charge is 2.15. The molecule has 30 heavy (non-hydrogen) atoms. The third-order valence-electron chi connectivity index (χ3n) is 4.59. The highest BCUT2D eigenvalue weighted by molar-refractivity contribution is 6.09. The van der Waals surface area contributed by atoms with Crippen molar-refractivity contribution < 1.29 is 14.3 Å². The maximum absolute atomic E-state index is 13.0. The van der Waals surface area contributed by atoms with E-state index >= 15 is 0 Å². The molecule has 5 nitrogen and oxygen atoms in total. The van der Waals surface area contributed by atoms with Gasteiger partial charge in [-0.2, -0.15) is 0 Å². The van der Waals surface area contributed by atoms with Crippen molar-refractivity contribution in [2.75, 3.05) is 17.7 Å². The van der Waals surface area contributed by atoms with Crippen LogP contribution in [0.5, 0.6) is 5.75 Å². The van der Waals surface area contributed by atoms with Gasteiger partial charge < -0.3 is 15.4 Å². The number of rotatable bonds is 7. The van der Waals surface area contributed by atoms with E-state index in [0.29, 0.717) is 35.0 Å². The molecule has 3 aromatic rings. The van der Waals surface area contributed by atoms with E-state index in [1.54, 1.807) is 37.4 Å². The van der Waals surface area contributed by atoms with E-state index in [1.165, 1.54) is 0 Å². The van der Waals surface area contributed by atoms with Crippen molar-refractivity contribution in [3.05, 3.63) is 78.4 Å². The second kappa shape index (κ2) is 9.74. The van der Waals surface area contributed by atoms with Crippen molar-refractivity contribution in [1.82, 2.24) is 0 Å². The van der Waals surface area contributed by atoms with Crippen molar-refractivity contribution >= 4 is 23.2 Å². The molecule has 0 aliphatic carbocycles. The predicted octanol–water partition coefficient (Wildman–Crippen LogP) is 5.60. The fourth-order valence-electron chi connectivity index (χ4n) is 3.20. The summed E-state index contributed by atoms with van der Waals surface area (Å²) in [5.74, 6) is 0.770. The van der Waals surface area contributed by atoms with Gasteiger partial charge in [0.25, 0.3) is 5.91 Å². The molecule has 2 amide bonds. The third-order valence-corrected chi connectivity index (χ3v) is 4.59. The van der Waals surface area contributed by atoms with Gasteiger partial charge in [0, 0.05) is 28.9 Å². The van der Waals surface area contributed by atoms with Gasteiger partial charge in [-0.15, -0.1) is 0 Å². The molecule has 3 rings (SSSR count). The van der Waals surface area contributed by atoms with Gasteiger partial charge in [0.2, 0.25) is 5.91 Å². The number of methoxy groups -OCH3 is 1. The minimum atomic E-state index is -0.215. The van der Waals surface area contributed by atoms with Crippen LogP contribution in [0, 0.1) is 5.92 Å². The summed E-state index contributed by atoms with van der Waals surface area (Å²) in [6.45, 7) is 4.00. The van der Waals surface area contributed by atoms with E-state index in [9.17, 15) is 9.59 Å². The van der Waals surface area contributed by atoms with Crippen LogP contribution in [0.3, 0.4) is 0 Å². The molecule has 0 heterocycles. The van der Waals surface area contributed by atoms with Gasteiger partial charge in [-0.05, 0) is 47.9 Å². The predicted molar refractivity (Wildman–Crippen MR) is 121 cm³/mol. The van der Waals surface area contributed by atoms with Crippen molar-refractivity contribution in [2.45, 2.75) is 20.3 Å². The molecule has 5 heteroatoms. The Balaban J connectivity index is 1.76. The van der Waals surface area contributed by atoms with Crippen LogP contribution in [-0.2, 0) is 4.79 Å². The average Bonchev–Trinajstić information content (AvgIpc) is 2.74. The van der Waals surface area contributed by atoms with Crippen LogP contribution < -0.4 is 15.4 Å². The second-order valence-corrected chi connectivity index (χ2v) is 7.42. The smallest absolute Gasteiger partial charge is 0.256 e. The zero-order chi connectivity index (χ0) is 21.5. The van der Waals surface area contributed by atoms with E-state index in [-0.39, 0.29) is 11.8 Å². The van der Waals surface area contributed by atoms with Gasteiger partial charge in [-0.1, -0.05) is 50.2 Å². The van der Waals surface area contributed by atoms with Crippen LogP contribution in [0.15, 0.2) is 72.8 Å². The molecular weight excluding hydrogens is 376 g/mol. The Morgan fingerprint density at radius 3 is 2.00 bits per heavy atom. The van der Waals surface area contributed by atoms with Crippen LogP contribution in [-0.4, -0.2) is 18.9 Å². The van der Waals surface area contributed by atoms with E-state index in [4.69, 9.17) is 4.74 Å². The summed E-state index contributed by atoms with van der Waals surface area (Å²) in [6, 6.07) is 22.1. The van der Waals surface area contributed by atoms with Crippen LogP contribution in [0.25, 0.3) is 11.1 Å². The first-order valence-corrected chi connectivity index (χ1v) is 9.91. The molecule has 0 radical (unpaired) electrons. The van der Waals surface area contributed by atoms with Crippen molar-refractivity contribution in [3.63, 3.8) is 0 Å². The molecule has 0 saturated carbocycles. The van der Waals surface area contributed by atoms with Gasteiger partial charge in [0.15, 0.2) is 0 Å². The fourth-order valence-corrected chi connectivity index (χ4v) is 3.20. The Hall–Kier alpha value is -3.60. The first kappa shape index (κ1) is 21.1. The summed E-state index contributed by atoms with van der Waals surface area (Å²) in [7, 11) is 1.61. The number of ether oxygens (including phenoxy) is 1. The van der Waals surface area contributed by atoms with Crippen molar-refractivity contribution in [2.24, 2.45) is 5.92 Å². The average molecular weight is 402 g/mol. The van der Waals surface area contributed by atoms with Crippen LogP contribution in [0.1, 0.15) is 30.6 Å². The quantitative estimate of drug-likeness (QED) is 0.541. The number of amides is 2. The Morgan fingerprint density at radius 1 is 0.800 bits per heavy atom. The summed E-state index contributed by atoms with van der Waals surface area (Å²) in [6.07, 6.45) is 0.470. The number of para-hydroxylation sites is 1. The highest BCUT2D eigenvalue weighted by Crippen LogP contribution is 2.32. The fraction of sp³-hybridized carbons (Fsp3) is 0.200. The van der Waals surface area contributed by atoms with E-state index < -0.39 is 0 Å². The van der Waals surface area contributed by atoms with Crippen molar-refractivity contribution in [1.29, 1.82) is 0 Å². The largest absolute Gasteiger partial charge is 0.496 e. The van der Waals surface area contributed by atoms with Crippen molar-refractivity contribution in [3.8, 4) is 16.9 Å². The molecule has 0 atom stereocenters. The van der Waals surface area contributed by atoms with E-state index in [2.05, 4.69) is 10.6 Å². The molecule has 0 spiro atoms. The number of anilines is 2. The lowest BCUT2D eigenvalue weighted by Crippen LogP contribution is -2.15. The molecule has 2 N–H and O–H groups in total. The molecule has 0 aliphatic heterocycles. The van der Waals surface area contributed by atoms with Gasteiger partial charge >= 0.3 is 0 Å². The lowest BCUT2D eigenvalue weighted by molar-refractivity contribution is -0.116. The molecule has 0 aromatic heterocycles. The monoisotopic (exact) mass is 402 g/mol. The van der Waals surface area contributed by atoms with E-state index in [1.807, 2.05) is 56.3 Å². The Labute approximate surface area is 177 Å². The molecule has 0 saturated heterocycles. The minimum absolute atomic E-state index is 0.0208. The van der Waals surface area contributed by atoms with Crippen LogP contribution in [0.2, 0.25) is 0 Å². The van der Waals surface area contributed by atoms with Crippen LogP contribution in [0.4, 0.5) is 11.4 Å². The number of benzene rings is 3. The summed E-state index contributed by atoms with van der Waals surface area (Å²) in [4.78, 5) is 24.9. The van der Waals surface area contributed by atoms with E-state index in [0.717, 1.165) is 11.1 Å². The first-order valence-electron chi connectivity index (χ1n) is 9.91. The van der Waals surface area contributed by atoms with Gasteiger partial charge in [-0.25, -0.2) is 0 Å². The summed E-state index contributed by atoms with van der Waals surface area (Å²) < 4.78 is 5.46. The Morgan fingerprint density at radius 2 is 1.37 bits per heavy atom. The number of carbonyl (C=O) groups excluding carboxylic acids is 2. The number of carbonyl (C=O) groups is 2. The highest BCUT2D eigenvalue weighted by atomic mass is 16.5. The van der Waals surface area contributed by atoms with Gasteiger partial charge in [-0.3, -0.25) is 9.59 Å². The first-order chi connectivity index (χ1) is 14.5. The number of hydrogen-bond donors (Lipinski definition) is 2. The second-order valence-electron chi connectivity index (χ2n) is 7.42. The molecule has 0 fully saturated rings. The number of hydrogen-bond acceptors (Lipinski definition) is 3. The molecule has 0 unspecified atom stereocenters. The maximum Gasteiger partial charge on any atom is 0.256 e. The third kappa shape index (κ3) is 5.26. The zero-order valence-electron chi connectivity index (χ0n) is 17.4. The summed E-state index contributed by atoms with van der Waals surface area (Å²) in [5, 5.41) is 5.79. The summed E-state index contributed by atoms with van der Waals surface area (Å²) in [5.41, 5.74) is 3.56. The Bertz CT molecular complexity index is 1030.